The highest BCUT2D eigenvalue weighted by molar-refractivity contribution is 8.03. The van der Waals surface area contributed by atoms with E-state index in [0.29, 0.717) is 12.3 Å². The van der Waals surface area contributed by atoms with E-state index in [1.165, 1.54) is 9.93 Å². The third-order valence-electron chi connectivity index (χ3n) is 2.87. The molecule has 0 unspecified atom stereocenters. The van der Waals surface area contributed by atoms with Gasteiger partial charge in [0.05, 0.1) is 5.03 Å². The molecule has 2 aliphatic rings. The van der Waals surface area contributed by atoms with E-state index in [4.69, 9.17) is 17.0 Å². The second kappa shape index (κ2) is 5.75. The largest absolute Gasteiger partial charge is 0.426 e. The van der Waals surface area contributed by atoms with E-state index in [1.54, 1.807) is 17.8 Å². The van der Waals surface area contributed by atoms with Gasteiger partial charge in [-0.2, -0.15) is 0 Å². The lowest BCUT2D eigenvalue weighted by molar-refractivity contribution is -0.122. The number of nitrogens with zero attached hydrogens (tertiary/aromatic N) is 2. The molecule has 0 aromatic heterocycles. The van der Waals surface area contributed by atoms with Crippen molar-refractivity contribution < 1.29 is 9.53 Å². The summed E-state index contributed by atoms with van der Waals surface area (Å²) in [4.78, 5) is 15.6. The third-order valence-corrected chi connectivity index (χ3v) is 4.25. The van der Waals surface area contributed by atoms with E-state index in [-0.39, 0.29) is 11.1 Å². The van der Waals surface area contributed by atoms with Crippen LogP contribution in [-0.2, 0) is 9.53 Å². The first-order valence-corrected chi connectivity index (χ1v) is 7.40. The number of hydrogen-bond donors (Lipinski definition) is 0. The highest BCUT2D eigenvalue weighted by Gasteiger charge is 2.31. The molecule has 18 heavy (non-hydrogen) atoms. The molecule has 2 aliphatic heterocycles. The van der Waals surface area contributed by atoms with E-state index in [2.05, 4.69) is 11.8 Å². The standard InChI is InChI=1S/C12H16N2O2S2/c1-3-13-7-8-18-10(13)6-5-9-11(15)14(4-2)12(17)16-9/h5-6H,3-4,7-8H2,1-2H3/b9-5-,10-6+. The second-order valence-corrected chi connectivity index (χ2v) is 5.35. The minimum Gasteiger partial charge on any atom is -0.426 e. The van der Waals surface area contributed by atoms with Gasteiger partial charge < -0.3 is 9.64 Å². The van der Waals surface area contributed by atoms with Crippen LogP contribution in [-0.4, -0.2) is 46.3 Å². The van der Waals surface area contributed by atoms with E-state index >= 15 is 0 Å². The van der Waals surface area contributed by atoms with E-state index < -0.39 is 0 Å². The van der Waals surface area contributed by atoms with Crippen LogP contribution in [0.25, 0.3) is 0 Å². The molecule has 0 saturated carbocycles. The molecule has 0 aromatic rings. The highest BCUT2D eigenvalue weighted by atomic mass is 32.2. The van der Waals surface area contributed by atoms with Crippen LogP contribution in [0, 0.1) is 0 Å². The second-order valence-electron chi connectivity index (χ2n) is 3.88. The zero-order valence-corrected chi connectivity index (χ0v) is 12.1. The lowest BCUT2D eigenvalue weighted by atomic mass is 10.4. The molecule has 1 amide bonds. The van der Waals surface area contributed by atoms with Crippen molar-refractivity contribution in [2.24, 2.45) is 0 Å². The van der Waals surface area contributed by atoms with Crippen molar-refractivity contribution in [2.45, 2.75) is 13.8 Å². The molecule has 2 heterocycles. The van der Waals surface area contributed by atoms with Crippen LogP contribution in [0.3, 0.4) is 0 Å². The number of hydrogen-bond acceptors (Lipinski definition) is 5. The van der Waals surface area contributed by atoms with Crippen molar-refractivity contribution in [3.8, 4) is 0 Å². The molecule has 0 aromatic carbocycles. The highest BCUT2D eigenvalue weighted by Crippen LogP contribution is 2.27. The number of thioether (sulfide) groups is 1. The fourth-order valence-electron chi connectivity index (χ4n) is 1.86. The van der Waals surface area contributed by atoms with Gasteiger partial charge in [0.1, 0.15) is 0 Å². The van der Waals surface area contributed by atoms with E-state index in [9.17, 15) is 4.79 Å². The van der Waals surface area contributed by atoms with Crippen LogP contribution >= 0.6 is 24.0 Å². The molecule has 0 N–H and O–H groups in total. The van der Waals surface area contributed by atoms with Gasteiger partial charge in [-0.15, -0.1) is 11.8 Å². The maximum absolute atomic E-state index is 11.9. The van der Waals surface area contributed by atoms with Gasteiger partial charge in [0.15, 0.2) is 5.76 Å². The Morgan fingerprint density at radius 1 is 1.39 bits per heavy atom. The lowest BCUT2D eigenvalue weighted by Crippen LogP contribution is -2.27. The number of ether oxygens (including phenoxy) is 1. The molecular formula is C12H16N2O2S2. The van der Waals surface area contributed by atoms with Gasteiger partial charge in [0, 0.05) is 25.4 Å². The molecule has 0 radical (unpaired) electrons. The minimum absolute atomic E-state index is 0.148. The van der Waals surface area contributed by atoms with Crippen LogP contribution in [0.4, 0.5) is 0 Å². The summed E-state index contributed by atoms with van der Waals surface area (Å²) in [5.41, 5.74) is 0. The Morgan fingerprint density at radius 2 is 2.17 bits per heavy atom. The van der Waals surface area contributed by atoms with Crippen LogP contribution < -0.4 is 0 Å². The predicted octanol–water partition coefficient (Wildman–Crippen LogP) is 1.94. The summed E-state index contributed by atoms with van der Waals surface area (Å²) in [5.74, 6) is 1.26. The molecule has 4 nitrogen and oxygen atoms in total. The van der Waals surface area contributed by atoms with Gasteiger partial charge in [-0.3, -0.25) is 9.69 Å². The Balaban J connectivity index is 2.13. The summed E-state index contributed by atoms with van der Waals surface area (Å²) in [5, 5.41) is 1.43. The summed E-state index contributed by atoms with van der Waals surface area (Å²) in [6.45, 7) is 6.58. The molecule has 0 bridgehead atoms. The molecule has 2 saturated heterocycles. The molecular weight excluding hydrogens is 268 g/mol. The maximum Gasteiger partial charge on any atom is 0.297 e. The van der Waals surface area contributed by atoms with E-state index in [0.717, 1.165) is 18.8 Å². The number of thiocarbonyl (C=S) groups is 1. The number of amides is 1. The Kier molecular flexibility index (Phi) is 4.29. The zero-order chi connectivity index (χ0) is 13.1. The van der Waals surface area contributed by atoms with Crippen molar-refractivity contribution in [3.63, 3.8) is 0 Å². The molecule has 2 rings (SSSR count). The molecule has 6 heteroatoms. The molecule has 0 aliphatic carbocycles. The quantitative estimate of drug-likeness (QED) is 0.584. The van der Waals surface area contributed by atoms with Crippen molar-refractivity contribution in [1.82, 2.24) is 9.80 Å². The fourth-order valence-corrected chi connectivity index (χ4v) is 3.25. The van der Waals surface area contributed by atoms with Crippen molar-refractivity contribution in [3.05, 3.63) is 22.9 Å². The van der Waals surface area contributed by atoms with Gasteiger partial charge in [0.25, 0.3) is 11.1 Å². The van der Waals surface area contributed by atoms with Crippen molar-refractivity contribution in [2.75, 3.05) is 25.4 Å². The number of carbonyl (C=O) groups is 1. The summed E-state index contributed by atoms with van der Waals surface area (Å²) in [7, 11) is 0. The average Bonchev–Trinajstić information content (AvgIpc) is 2.91. The Bertz CT molecular complexity index is 432. The number of likely N-dealkylation sites (N-methyl/N-ethyl adjacent to an activating group) is 1. The average molecular weight is 284 g/mol. The number of rotatable bonds is 3. The number of carbonyl (C=O) groups excluding carboxylic acids is 1. The van der Waals surface area contributed by atoms with Gasteiger partial charge in [0.2, 0.25) is 0 Å². The normalized spacial score (nSPS) is 24.6. The van der Waals surface area contributed by atoms with Gasteiger partial charge in [-0.05, 0) is 38.2 Å². The first-order chi connectivity index (χ1) is 8.67. The Hall–Kier alpha value is -1.01. The summed E-state index contributed by atoms with van der Waals surface area (Å²) in [6.07, 6.45) is 3.66. The fraction of sp³-hybridized carbons (Fsp3) is 0.500. The van der Waals surface area contributed by atoms with E-state index in [1.807, 2.05) is 13.0 Å². The van der Waals surface area contributed by atoms with Crippen LogP contribution in [0.5, 0.6) is 0 Å². The Morgan fingerprint density at radius 3 is 2.78 bits per heavy atom. The Labute approximate surface area is 117 Å². The van der Waals surface area contributed by atoms with Gasteiger partial charge >= 0.3 is 0 Å². The van der Waals surface area contributed by atoms with Gasteiger partial charge in [-0.25, -0.2) is 0 Å². The number of allylic oxidation sites excluding steroid dienone is 2. The minimum atomic E-state index is -0.148. The lowest BCUT2D eigenvalue weighted by Gasteiger charge is -2.15. The van der Waals surface area contributed by atoms with Crippen molar-refractivity contribution in [1.29, 1.82) is 0 Å². The molecule has 2 fully saturated rings. The SMILES string of the molecule is CCN1C(=O)/C(=C/C=C2/SCCN2CC)OC1=S. The van der Waals surface area contributed by atoms with Gasteiger partial charge in [-0.1, -0.05) is 0 Å². The molecule has 98 valence electrons. The smallest absolute Gasteiger partial charge is 0.297 e. The first kappa shape index (κ1) is 13.4. The zero-order valence-electron chi connectivity index (χ0n) is 10.5. The monoisotopic (exact) mass is 284 g/mol. The molecule has 0 spiro atoms. The third kappa shape index (κ3) is 2.54. The molecule has 0 atom stereocenters. The summed E-state index contributed by atoms with van der Waals surface area (Å²) < 4.78 is 5.30. The topological polar surface area (TPSA) is 32.8 Å². The van der Waals surface area contributed by atoms with Crippen LogP contribution in [0.1, 0.15) is 13.8 Å². The summed E-state index contributed by atoms with van der Waals surface area (Å²) >= 11 is 6.79. The van der Waals surface area contributed by atoms with Crippen LogP contribution in [0.2, 0.25) is 0 Å². The predicted molar refractivity (Wildman–Crippen MR) is 76.9 cm³/mol. The van der Waals surface area contributed by atoms with Crippen molar-refractivity contribution >= 4 is 35.1 Å². The maximum atomic E-state index is 11.9. The summed E-state index contributed by atoms with van der Waals surface area (Å²) in [6, 6.07) is 0. The van der Waals surface area contributed by atoms with Crippen LogP contribution in [0.15, 0.2) is 22.9 Å². The first-order valence-electron chi connectivity index (χ1n) is 6.00.